The highest BCUT2D eigenvalue weighted by molar-refractivity contribution is 6.32. The third-order valence-electron chi connectivity index (χ3n) is 6.18. The molecule has 5 aromatic rings. The van der Waals surface area contributed by atoms with Crippen LogP contribution in [-0.2, 0) is 11.3 Å². The largest absolute Gasteiger partial charge is 0.490 e. The Morgan fingerprint density at radius 2 is 1.47 bits per heavy atom. The maximum absolute atomic E-state index is 13.1. The lowest BCUT2D eigenvalue weighted by Crippen LogP contribution is -2.10. The van der Waals surface area contributed by atoms with Gasteiger partial charge in [-0.1, -0.05) is 83.4 Å². The molecule has 6 heteroatoms. The van der Waals surface area contributed by atoms with Crippen LogP contribution in [0.15, 0.2) is 97.1 Å². The molecule has 0 aliphatic carbocycles. The molecule has 0 fully saturated rings. The second-order valence-corrected chi connectivity index (χ2v) is 9.43. The van der Waals surface area contributed by atoms with Crippen LogP contribution in [0.4, 0.5) is 0 Å². The minimum absolute atomic E-state index is 0.383. The smallest absolute Gasteiger partial charge is 0.343 e. The van der Waals surface area contributed by atoms with Gasteiger partial charge in [-0.15, -0.1) is 0 Å². The van der Waals surface area contributed by atoms with Gasteiger partial charge in [-0.3, -0.25) is 0 Å². The van der Waals surface area contributed by atoms with Gasteiger partial charge < -0.3 is 14.0 Å². The summed E-state index contributed by atoms with van der Waals surface area (Å²) in [6.45, 7) is 4.90. The van der Waals surface area contributed by atoms with Gasteiger partial charge in [0.2, 0.25) is 0 Å². The molecule has 0 aliphatic rings. The van der Waals surface area contributed by atoms with Crippen LogP contribution in [-0.4, -0.2) is 22.1 Å². The van der Waals surface area contributed by atoms with Gasteiger partial charge in [0.1, 0.15) is 23.9 Å². The van der Waals surface area contributed by atoms with Gasteiger partial charge in [-0.2, -0.15) is 0 Å². The van der Waals surface area contributed by atoms with Crippen LogP contribution in [0.2, 0.25) is 5.02 Å². The van der Waals surface area contributed by atoms with E-state index < -0.39 is 5.97 Å². The van der Waals surface area contributed by atoms with Crippen LogP contribution < -0.4 is 4.74 Å². The number of rotatable bonds is 8. The van der Waals surface area contributed by atoms with E-state index >= 15 is 0 Å². The van der Waals surface area contributed by atoms with Gasteiger partial charge in [0.25, 0.3) is 0 Å². The van der Waals surface area contributed by atoms with Gasteiger partial charge in [0.15, 0.2) is 0 Å². The number of aryl methyl sites for hydroxylation is 2. The predicted octanol–water partition coefficient (Wildman–Crippen LogP) is 7.74. The maximum atomic E-state index is 13.1. The molecule has 0 radical (unpaired) electrons. The topological polar surface area (TPSA) is 53.3 Å². The zero-order valence-electron chi connectivity index (χ0n) is 21.2. The summed E-state index contributed by atoms with van der Waals surface area (Å²) in [6.07, 6.45) is 1.81. The Kier molecular flexibility index (Phi) is 7.57. The second-order valence-electron chi connectivity index (χ2n) is 9.02. The highest BCUT2D eigenvalue weighted by atomic mass is 35.5. The van der Waals surface area contributed by atoms with Crippen molar-refractivity contribution in [3.63, 3.8) is 0 Å². The van der Waals surface area contributed by atoms with Gasteiger partial charge in [-0.25, -0.2) is 9.78 Å². The van der Waals surface area contributed by atoms with E-state index in [-0.39, 0.29) is 0 Å². The lowest BCUT2D eigenvalue weighted by atomic mass is 10.1. The maximum Gasteiger partial charge on any atom is 0.343 e. The van der Waals surface area contributed by atoms with E-state index in [9.17, 15) is 4.79 Å². The van der Waals surface area contributed by atoms with E-state index in [0.717, 1.165) is 27.7 Å². The monoisotopic (exact) mass is 522 g/mol. The Bertz CT molecular complexity index is 1600. The number of para-hydroxylation sites is 3. The standard InChI is InChI=1S/C32H27ClN2O3/c1-22-11-15-24(16-12-22)30(38-32(36)25-17-13-23(2)14-18-25)21-31-34-27-8-4-5-9-28(27)35(31)19-20-37-29-10-6-3-7-26(29)33/h3-18,21H,19-20H2,1-2H3/b30-21+. The van der Waals surface area contributed by atoms with E-state index in [1.165, 1.54) is 0 Å². The molecule has 190 valence electrons. The lowest BCUT2D eigenvalue weighted by molar-refractivity contribution is 0.0693. The van der Waals surface area contributed by atoms with E-state index in [4.69, 9.17) is 26.1 Å². The number of fused-ring (bicyclic) bond motifs is 1. The number of hydrogen-bond donors (Lipinski definition) is 0. The van der Waals surface area contributed by atoms with Crippen molar-refractivity contribution in [1.82, 2.24) is 9.55 Å². The first-order valence-electron chi connectivity index (χ1n) is 12.4. The number of imidazole rings is 1. The molecule has 0 amide bonds. The number of aromatic nitrogens is 2. The zero-order chi connectivity index (χ0) is 26.5. The molecule has 5 nitrogen and oxygen atoms in total. The molecule has 0 saturated carbocycles. The summed E-state index contributed by atoms with van der Waals surface area (Å²) in [5, 5.41) is 0.563. The fourth-order valence-electron chi connectivity index (χ4n) is 4.10. The van der Waals surface area contributed by atoms with Gasteiger partial charge in [-0.05, 0) is 50.2 Å². The number of esters is 1. The number of carbonyl (C=O) groups excluding carboxylic acids is 1. The normalized spacial score (nSPS) is 11.5. The summed E-state index contributed by atoms with van der Waals surface area (Å²) in [5.41, 5.74) is 5.24. The van der Waals surface area contributed by atoms with Crippen molar-refractivity contribution in [3.8, 4) is 5.75 Å². The van der Waals surface area contributed by atoms with Gasteiger partial charge >= 0.3 is 5.97 Å². The molecule has 0 bridgehead atoms. The third-order valence-corrected chi connectivity index (χ3v) is 6.49. The molecule has 0 saturated heterocycles. The Labute approximate surface area is 226 Å². The van der Waals surface area contributed by atoms with Crippen molar-refractivity contribution in [2.45, 2.75) is 20.4 Å². The third kappa shape index (κ3) is 5.79. The number of nitrogens with zero attached hydrogens (tertiary/aromatic N) is 2. The predicted molar refractivity (Wildman–Crippen MR) is 152 cm³/mol. The molecule has 0 N–H and O–H groups in total. The molecular weight excluding hydrogens is 496 g/mol. The molecule has 5 rings (SSSR count). The zero-order valence-corrected chi connectivity index (χ0v) is 22.0. The van der Waals surface area contributed by atoms with E-state index in [1.54, 1.807) is 18.2 Å². The van der Waals surface area contributed by atoms with Crippen LogP contribution in [0.5, 0.6) is 5.75 Å². The van der Waals surface area contributed by atoms with Crippen LogP contribution in [0.1, 0.15) is 32.9 Å². The summed E-state index contributed by atoms with van der Waals surface area (Å²) in [5.74, 6) is 1.27. The number of hydrogen-bond acceptors (Lipinski definition) is 4. The minimum atomic E-state index is -0.429. The average Bonchev–Trinajstić information content (AvgIpc) is 3.27. The molecule has 38 heavy (non-hydrogen) atoms. The van der Waals surface area contributed by atoms with Crippen molar-refractivity contribution in [1.29, 1.82) is 0 Å². The molecular formula is C32H27ClN2O3. The SMILES string of the molecule is Cc1ccc(C(=O)O/C(=C/c2nc3ccccc3n2CCOc2ccccc2Cl)c2ccc(C)cc2)cc1. The number of carbonyl (C=O) groups is 1. The first kappa shape index (κ1) is 25.3. The quantitative estimate of drug-likeness (QED) is 0.154. The van der Waals surface area contributed by atoms with Gasteiger partial charge in [0, 0.05) is 11.6 Å². The van der Waals surface area contributed by atoms with Crippen molar-refractivity contribution in [2.75, 3.05) is 6.61 Å². The minimum Gasteiger partial charge on any atom is -0.490 e. The van der Waals surface area contributed by atoms with Crippen molar-refractivity contribution >= 4 is 40.4 Å². The second kappa shape index (κ2) is 11.4. The summed E-state index contributed by atoms with van der Waals surface area (Å²) >= 11 is 6.26. The van der Waals surface area contributed by atoms with Crippen molar-refractivity contribution in [2.24, 2.45) is 0 Å². The molecule has 0 atom stereocenters. The fraction of sp³-hybridized carbons (Fsp3) is 0.125. The Hall–Kier alpha value is -4.35. The molecule has 0 unspecified atom stereocenters. The van der Waals surface area contributed by atoms with E-state index in [1.807, 2.05) is 98.8 Å². The summed E-state index contributed by atoms with van der Waals surface area (Å²) in [7, 11) is 0. The van der Waals surface area contributed by atoms with E-state index in [0.29, 0.717) is 41.1 Å². The first-order valence-corrected chi connectivity index (χ1v) is 12.8. The summed E-state index contributed by atoms with van der Waals surface area (Å²) in [4.78, 5) is 17.9. The molecule has 1 aromatic heterocycles. The Morgan fingerprint density at radius 3 is 2.18 bits per heavy atom. The molecule has 0 aliphatic heterocycles. The average molecular weight is 523 g/mol. The number of ether oxygens (including phenoxy) is 2. The fourth-order valence-corrected chi connectivity index (χ4v) is 4.29. The van der Waals surface area contributed by atoms with Crippen LogP contribution in [0.25, 0.3) is 22.9 Å². The van der Waals surface area contributed by atoms with Gasteiger partial charge in [0.05, 0.1) is 28.2 Å². The summed E-state index contributed by atoms with van der Waals surface area (Å²) in [6, 6.07) is 30.5. The molecule has 0 spiro atoms. The summed E-state index contributed by atoms with van der Waals surface area (Å²) < 4.78 is 14.0. The lowest BCUT2D eigenvalue weighted by Gasteiger charge is -2.13. The highest BCUT2D eigenvalue weighted by Gasteiger charge is 2.16. The van der Waals surface area contributed by atoms with Crippen molar-refractivity contribution < 1.29 is 14.3 Å². The highest BCUT2D eigenvalue weighted by Crippen LogP contribution is 2.26. The molecule has 1 heterocycles. The number of halogens is 1. The van der Waals surface area contributed by atoms with E-state index in [2.05, 4.69) is 4.57 Å². The Balaban J connectivity index is 1.51. The number of benzene rings is 4. The Morgan fingerprint density at radius 1 is 0.842 bits per heavy atom. The van der Waals surface area contributed by atoms with Crippen LogP contribution in [0, 0.1) is 13.8 Å². The first-order chi connectivity index (χ1) is 18.5. The van der Waals surface area contributed by atoms with Crippen LogP contribution >= 0.6 is 11.6 Å². The molecule has 4 aromatic carbocycles. The van der Waals surface area contributed by atoms with Crippen LogP contribution in [0.3, 0.4) is 0 Å². The van der Waals surface area contributed by atoms with Crippen molar-refractivity contribution in [3.05, 3.63) is 130 Å².